The summed E-state index contributed by atoms with van der Waals surface area (Å²) >= 11 is 0. The molecular formula is C21H15F3N4O3. The van der Waals surface area contributed by atoms with E-state index in [1.807, 2.05) is 0 Å². The van der Waals surface area contributed by atoms with Gasteiger partial charge in [0, 0.05) is 12.4 Å². The molecule has 2 aromatic carbocycles. The minimum atomic E-state index is -4.63. The number of hydrogen-bond donors (Lipinski definition) is 1. The predicted octanol–water partition coefficient (Wildman–Crippen LogP) is 3.51. The van der Waals surface area contributed by atoms with Crippen LogP contribution >= 0.6 is 0 Å². The molecule has 1 unspecified atom stereocenters. The van der Waals surface area contributed by atoms with Crippen molar-refractivity contribution in [1.29, 1.82) is 0 Å². The minimum Gasteiger partial charge on any atom is -0.322 e. The molecule has 0 fully saturated rings. The average Bonchev–Trinajstić information content (AvgIpc) is 3.35. The number of benzene rings is 2. The average molecular weight is 428 g/mol. The SMILES string of the molecule is CC(C(=O)Nc1cc(C(F)(F)F)ccc1-n1cccn1)N1C(=O)c2ccccc2C1=O. The molecule has 1 aliphatic heterocycles. The van der Waals surface area contributed by atoms with Gasteiger partial charge in [-0.3, -0.25) is 19.3 Å². The van der Waals surface area contributed by atoms with E-state index < -0.39 is 35.5 Å². The van der Waals surface area contributed by atoms with Crippen LogP contribution in [-0.4, -0.2) is 38.4 Å². The Morgan fingerprint density at radius 3 is 2.23 bits per heavy atom. The van der Waals surface area contributed by atoms with E-state index in [0.29, 0.717) is 0 Å². The third-order valence-corrected chi connectivity index (χ3v) is 4.93. The van der Waals surface area contributed by atoms with Crippen LogP contribution in [0.5, 0.6) is 0 Å². The van der Waals surface area contributed by atoms with Crippen molar-refractivity contribution in [3.63, 3.8) is 0 Å². The number of alkyl halides is 3. The Bertz CT molecular complexity index is 1150. The fourth-order valence-electron chi connectivity index (χ4n) is 3.34. The van der Waals surface area contributed by atoms with Crippen LogP contribution in [0.4, 0.5) is 18.9 Å². The summed E-state index contributed by atoms with van der Waals surface area (Å²) in [4.78, 5) is 38.9. The van der Waals surface area contributed by atoms with Crippen LogP contribution in [0.1, 0.15) is 33.2 Å². The van der Waals surface area contributed by atoms with Gasteiger partial charge in [0.25, 0.3) is 11.8 Å². The Balaban J connectivity index is 1.65. The standard InChI is InChI=1S/C21H15F3N4O3/c1-12(28-19(30)14-5-2-3-6-15(14)20(28)31)18(29)26-16-11-13(21(22,23)24)7-8-17(16)27-10-4-9-25-27/h2-12H,1H3,(H,26,29). The fourth-order valence-corrected chi connectivity index (χ4v) is 3.34. The Hall–Kier alpha value is -3.95. The van der Waals surface area contributed by atoms with E-state index in [9.17, 15) is 27.6 Å². The molecule has 1 aromatic heterocycles. The van der Waals surface area contributed by atoms with Gasteiger partial charge < -0.3 is 5.32 Å². The molecule has 0 saturated heterocycles. The molecular weight excluding hydrogens is 413 g/mol. The van der Waals surface area contributed by atoms with Crippen molar-refractivity contribution in [2.45, 2.75) is 19.1 Å². The summed E-state index contributed by atoms with van der Waals surface area (Å²) in [5, 5.41) is 6.40. The van der Waals surface area contributed by atoms with E-state index >= 15 is 0 Å². The first-order valence-electron chi connectivity index (χ1n) is 9.17. The maximum atomic E-state index is 13.2. The Morgan fingerprint density at radius 2 is 1.68 bits per heavy atom. The zero-order valence-electron chi connectivity index (χ0n) is 16.1. The largest absolute Gasteiger partial charge is 0.416 e. The predicted molar refractivity (Wildman–Crippen MR) is 104 cm³/mol. The minimum absolute atomic E-state index is 0.160. The first kappa shape index (κ1) is 20.3. The molecule has 31 heavy (non-hydrogen) atoms. The van der Waals surface area contributed by atoms with Crippen LogP contribution in [0.2, 0.25) is 0 Å². The Labute approximate surface area is 174 Å². The van der Waals surface area contributed by atoms with Crippen molar-refractivity contribution in [3.8, 4) is 5.69 Å². The van der Waals surface area contributed by atoms with Crippen LogP contribution in [0, 0.1) is 0 Å². The van der Waals surface area contributed by atoms with Crippen LogP contribution in [-0.2, 0) is 11.0 Å². The number of nitrogens with zero attached hydrogens (tertiary/aromatic N) is 3. The number of rotatable bonds is 4. The van der Waals surface area contributed by atoms with Gasteiger partial charge in [0.2, 0.25) is 5.91 Å². The maximum Gasteiger partial charge on any atom is 0.416 e. The van der Waals surface area contributed by atoms with Gasteiger partial charge >= 0.3 is 6.18 Å². The molecule has 1 atom stereocenters. The van der Waals surface area contributed by atoms with Crippen LogP contribution in [0.3, 0.4) is 0 Å². The van der Waals surface area contributed by atoms with Crippen LogP contribution in [0.25, 0.3) is 5.69 Å². The number of aromatic nitrogens is 2. The molecule has 2 heterocycles. The molecule has 1 N–H and O–H groups in total. The second-order valence-corrected chi connectivity index (χ2v) is 6.87. The highest BCUT2D eigenvalue weighted by Gasteiger charge is 2.41. The van der Waals surface area contributed by atoms with Gasteiger partial charge in [0.05, 0.1) is 28.1 Å². The molecule has 158 valence electrons. The second-order valence-electron chi connectivity index (χ2n) is 6.87. The molecule has 10 heteroatoms. The number of carbonyl (C=O) groups excluding carboxylic acids is 3. The summed E-state index contributed by atoms with van der Waals surface area (Å²) in [5.41, 5.74) is -0.591. The molecule has 7 nitrogen and oxygen atoms in total. The number of anilines is 1. The van der Waals surface area contributed by atoms with Crippen molar-refractivity contribution in [3.05, 3.63) is 77.6 Å². The van der Waals surface area contributed by atoms with Crippen molar-refractivity contribution >= 4 is 23.4 Å². The number of carbonyl (C=O) groups is 3. The summed E-state index contributed by atoms with van der Waals surface area (Å²) in [6, 6.07) is 9.29. The maximum absolute atomic E-state index is 13.2. The Kier molecular flexibility index (Phi) is 4.84. The lowest BCUT2D eigenvalue weighted by Gasteiger charge is -2.23. The molecule has 1 aliphatic rings. The van der Waals surface area contributed by atoms with E-state index in [1.165, 1.54) is 42.2 Å². The zero-order chi connectivity index (χ0) is 22.3. The highest BCUT2D eigenvalue weighted by Crippen LogP contribution is 2.33. The van der Waals surface area contributed by atoms with Crippen molar-refractivity contribution in [1.82, 2.24) is 14.7 Å². The Morgan fingerprint density at radius 1 is 1.03 bits per heavy atom. The normalized spacial score (nSPS) is 14.5. The van der Waals surface area contributed by atoms with Crippen molar-refractivity contribution in [2.24, 2.45) is 0 Å². The molecule has 4 rings (SSSR count). The third kappa shape index (κ3) is 3.56. The third-order valence-electron chi connectivity index (χ3n) is 4.93. The monoisotopic (exact) mass is 428 g/mol. The highest BCUT2D eigenvalue weighted by atomic mass is 19.4. The van der Waals surface area contributed by atoms with E-state index in [-0.39, 0.29) is 22.5 Å². The van der Waals surface area contributed by atoms with Gasteiger partial charge in [0.15, 0.2) is 0 Å². The summed E-state index contributed by atoms with van der Waals surface area (Å²) < 4.78 is 40.9. The van der Waals surface area contributed by atoms with Gasteiger partial charge in [-0.15, -0.1) is 0 Å². The van der Waals surface area contributed by atoms with E-state index in [1.54, 1.807) is 18.2 Å². The topological polar surface area (TPSA) is 84.3 Å². The van der Waals surface area contributed by atoms with Crippen LogP contribution < -0.4 is 5.32 Å². The lowest BCUT2D eigenvalue weighted by molar-refractivity contribution is -0.137. The second kappa shape index (κ2) is 7.38. The number of imide groups is 1. The number of nitrogens with one attached hydrogen (secondary N) is 1. The lowest BCUT2D eigenvalue weighted by atomic mass is 10.1. The fraction of sp³-hybridized carbons (Fsp3) is 0.143. The van der Waals surface area contributed by atoms with E-state index in [2.05, 4.69) is 10.4 Å². The van der Waals surface area contributed by atoms with Crippen molar-refractivity contribution in [2.75, 3.05) is 5.32 Å². The summed E-state index contributed by atoms with van der Waals surface area (Å²) in [6.07, 6.45) is -1.69. The first-order chi connectivity index (χ1) is 14.7. The number of fused-ring (bicyclic) bond motifs is 1. The number of hydrogen-bond acceptors (Lipinski definition) is 4. The van der Waals surface area contributed by atoms with Crippen molar-refractivity contribution < 1.29 is 27.6 Å². The first-order valence-corrected chi connectivity index (χ1v) is 9.17. The molecule has 3 aromatic rings. The van der Waals surface area contributed by atoms with E-state index in [0.717, 1.165) is 17.0 Å². The van der Waals surface area contributed by atoms with Gasteiger partial charge in [-0.1, -0.05) is 12.1 Å². The molecule has 0 spiro atoms. The van der Waals surface area contributed by atoms with Gasteiger partial charge in [-0.05, 0) is 43.3 Å². The summed E-state index contributed by atoms with van der Waals surface area (Å²) in [5.74, 6) is -2.10. The molecule has 0 radical (unpaired) electrons. The molecule has 0 aliphatic carbocycles. The van der Waals surface area contributed by atoms with Crippen LogP contribution in [0.15, 0.2) is 60.9 Å². The summed E-state index contributed by atoms with van der Waals surface area (Å²) in [6.45, 7) is 1.33. The smallest absolute Gasteiger partial charge is 0.322 e. The molecule has 3 amide bonds. The van der Waals surface area contributed by atoms with Gasteiger partial charge in [-0.2, -0.15) is 18.3 Å². The highest BCUT2D eigenvalue weighted by molar-refractivity contribution is 6.23. The zero-order valence-corrected chi connectivity index (χ0v) is 16.1. The van der Waals surface area contributed by atoms with Gasteiger partial charge in [0.1, 0.15) is 6.04 Å². The quantitative estimate of drug-likeness (QED) is 0.645. The number of amides is 3. The molecule has 0 bridgehead atoms. The van der Waals surface area contributed by atoms with Gasteiger partial charge in [-0.25, -0.2) is 4.68 Å². The molecule has 0 saturated carbocycles. The lowest BCUT2D eigenvalue weighted by Crippen LogP contribution is -2.45. The summed E-state index contributed by atoms with van der Waals surface area (Å²) in [7, 11) is 0. The van der Waals surface area contributed by atoms with E-state index in [4.69, 9.17) is 0 Å². The number of halogens is 3.